The Labute approximate surface area is 167 Å². The van der Waals surface area contributed by atoms with Crippen LogP contribution < -0.4 is 0 Å². The lowest BCUT2D eigenvalue weighted by molar-refractivity contribution is 0.0451. The number of carbonyl (C=O) groups excluding carboxylic acids is 2. The molecule has 0 bridgehead atoms. The molecular formula is C20H30O7Si. The fourth-order valence-corrected chi connectivity index (χ4v) is 5.16. The molecule has 28 heavy (non-hydrogen) atoms. The summed E-state index contributed by atoms with van der Waals surface area (Å²) in [5.74, 6) is -1.18. The molecule has 1 aromatic rings. The predicted molar refractivity (Wildman–Crippen MR) is 107 cm³/mol. The molecule has 0 aliphatic heterocycles. The summed E-state index contributed by atoms with van der Waals surface area (Å²) >= 11 is 0. The molecule has 0 atom stereocenters. The smallest absolute Gasteiger partial charge is 0.462 e. The summed E-state index contributed by atoms with van der Waals surface area (Å²) in [6, 6.07) is 6.93. The zero-order valence-electron chi connectivity index (χ0n) is 16.9. The quantitative estimate of drug-likeness (QED) is 0.200. The zero-order chi connectivity index (χ0) is 20.8. The van der Waals surface area contributed by atoms with Crippen molar-refractivity contribution in [1.82, 2.24) is 0 Å². The summed E-state index contributed by atoms with van der Waals surface area (Å²) in [6.07, 6.45) is 1.99. The fourth-order valence-electron chi connectivity index (χ4n) is 2.58. The average Bonchev–Trinajstić information content (AvgIpc) is 2.70. The molecule has 0 N–H and O–H groups in total. The largest absolute Gasteiger partial charge is 0.501 e. The van der Waals surface area contributed by atoms with E-state index in [1.807, 2.05) is 20.8 Å². The van der Waals surface area contributed by atoms with Crippen LogP contribution in [0, 0.1) is 0 Å². The van der Waals surface area contributed by atoms with Crippen LogP contribution >= 0.6 is 0 Å². The maximum absolute atomic E-state index is 12.4. The molecule has 156 valence electrons. The molecule has 0 aliphatic carbocycles. The summed E-state index contributed by atoms with van der Waals surface area (Å²) < 4.78 is 27.7. The highest BCUT2D eigenvalue weighted by molar-refractivity contribution is 6.60. The van der Waals surface area contributed by atoms with Gasteiger partial charge in [0.15, 0.2) is 0 Å². The molecule has 0 aromatic heterocycles. The molecular weight excluding hydrogens is 380 g/mol. The molecule has 0 spiro atoms. The van der Waals surface area contributed by atoms with Crippen molar-refractivity contribution in [3.8, 4) is 0 Å². The monoisotopic (exact) mass is 410 g/mol. The summed E-state index contributed by atoms with van der Waals surface area (Å²) in [4.78, 5) is 24.5. The number of hydrogen-bond donors (Lipinski definition) is 0. The third-order valence-electron chi connectivity index (χ3n) is 3.65. The van der Waals surface area contributed by atoms with E-state index in [0.29, 0.717) is 32.3 Å². The van der Waals surface area contributed by atoms with Crippen LogP contribution in [0.3, 0.4) is 0 Å². The van der Waals surface area contributed by atoms with Gasteiger partial charge in [-0.15, -0.1) is 0 Å². The van der Waals surface area contributed by atoms with Crippen LogP contribution in [-0.2, 0) is 22.8 Å². The lowest BCUT2D eigenvalue weighted by Gasteiger charge is -2.28. The second-order valence-electron chi connectivity index (χ2n) is 5.65. The van der Waals surface area contributed by atoms with E-state index in [9.17, 15) is 9.59 Å². The lowest BCUT2D eigenvalue weighted by Crippen LogP contribution is -2.46. The highest BCUT2D eigenvalue weighted by Crippen LogP contribution is 2.19. The summed E-state index contributed by atoms with van der Waals surface area (Å²) in [7, 11) is -2.77. The molecule has 0 fully saturated rings. The van der Waals surface area contributed by atoms with Crippen LogP contribution in [0.1, 0.15) is 47.9 Å². The average molecular weight is 411 g/mol. The van der Waals surface area contributed by atoms with Crippen molar-refractivity contribution >= 4 is 20.7 Å². The molecule has 0 unspecified atom stereocenters. The lowest BCUT2D eigenvalue weighted by atomic mass is 10.1. The normalized spacial score (nSPS) is 11.1. The molecule has 8 heteroatoms. The first-order valence-corrected chi connectivity index (χ1v) is 11.4. The van der Waals surface area contributed by atoms with E-state index < -0.39 is 20.7 Å². The van der Waals surface area contributed by atoms with Gasteiger partial charge in [-0.25, -0.2) is 9.59 Å². The molecule has 0 saturated carbocycles. The number of hydrogen-bond acceptors (Lipinski definition) is 7. The second-order valence-corrected chi connectivity index (χ2v) is 8.39. The first-order valence-electron chi connectivity index (χ1n) is 9.49. The Kier molecular flexibility index (Phi) is 11.3. The first kappa shape index (κ1) is 24.0. The molecule has 0 aliphatic rings. The number of esters is 2. The van der Waals surface area contributed by atoms with E-state index in [1.165, 1.54) is 18.2 Å². The van der Waals surface area contributed by atoms with Gasteiger partial charge >= 0.3 is 20.7 Å². The zero-order valence-corrected chi connectivity index (χ0v) is 17.9. The molecule has 0 heterocycles. The number of benzene rings is 1. The van der Waals surface area contributed by atoms with E-state index in [-0.39, 0.29) is 24.3 Å². The Morgan fingerprint density at radius 1 is 0.929 bits per heavy atom. The van der Waals surface area contributed by atoms with Crippen molar-refractivity contribution in [3.63, 3.8) is 0 Å². The molecule has 0 saturated heterocycles. The van der Waals surface area contributed by atoms with Gasteiger partial charge in [0.1, 0.15) is 6.61 Å². The molecule has 1 aromatic carbocycles. The van der Waals surface area contributed by atoms with Crippen molar-refractivity contribution in [3.05, 3.63) is 48.0 Å². The minimum Gasteiger partial charge on any atom is -0.462 e. The Bertz CT molecular complexity index is 616. The first-order chi connectivity index (χ1) is 13.5. The number of ether oxygens (including phenoxy) is 2. The minimum absolute atomic E-state index is 0.0706. The Hall–Kier alpha value is -2.00. The number of carbonyl (C=O) groups is 2. The van der Waals surface area contributed by atoms with Gasteiger partial charge in [-0.05, 0) is 39.3 Å². The van der Waals surface area contributed by atoms with E-state index in [1.54, 1.807) is 12.1 Å². The molecule has 0 radical (unpaired) electrons. The highest BCUT2D eigenvalue weighted by Gasteiger charge is 2.39. The SMILES string of the molecule is C=CCOC(=O)c1ccccc1C(=O)OCCC[Si](OCC)(OCC)OCC. The molecule has 1 rings (SSSR count). The van der Waals surface area contributed by atoms with Gasteiger partial charge < -0.3 is 22.8 Å². The third kappa shape index (κ3) is 7.55. The van der Waals surface area contributed by atoms with E-state index in [2.05, 4.69) is 6.58 Å². The Morgan fingerprint density at radius 3 is 1.89 bits per heavy atom. The maximum Gasteiger partial charge on any atom is 0.501 e. The van der Waals surface area contributed by atoms with Crippen molar-refractivity contribution in [1.29, 1.82) is 0 Å². The summed E-state index contributed by atoms with van der Waals surface area (Å²) in [5.41, 5.74) is 0.329. The third-order valence-corrected chi connectivity index (χ3v) is 6.80. The molecule has 0 amide bonds. The second kappa shape index (κ2) is 13.2. The van der Waals surface area contributed by atoms with Crippen molar-refractivity contribution < 1.29 is 32.3 Å². The van der Waals surface area contributed by atoms with Gasteiger partial charge in [-0.3, -0.25) is 0 Å². The topological polar surface area (TPSA) is 80.3 Å². The van der Waals surface area contributed by atoms with Crippen LogP contribution in [0.4, 0.5) is 0 Å². The van der Waals surface area contributed by atoms with Gasteiger partial charge in [-0.2, -0.15) is 0 Å². The Balaban J connectivity index is 2.67. The van der Waals surface area contributed by atoms with Crippen molar-refractivity contribution in [2.45, 2.75) is 33.2 Å². The van der Waals surface area contributed by atoms with Crippen molar-refractivity contribution in [2.24, 2.45) is 0 Å². The van der Waals surface area contributed by atoms with E-state index in [0.717, 1.165) is 0 Å². The van der Waals surface area contributed by atoms with Crippen LogP contribution in [0.25, 0.3) is 0 Å². The minimum atomic E-state index is -2.77. The van der Waals surface area contributed by atoms with E-state index in [4.69, 9.17) is 22.8 Å². The van der Waals surface area contributed by atoms with Gasteiger partial charge in [0, 0.05) is 25.9 Å². The van der Waals surface area contributed by atoms with E-state index >= 15 is 0 Å². The predicted octanol–water partition coefficient (Wildman–Crippen LogP) is 3.62. The van der Waals surface area contributed by atoms with Crippen LogP contribution in [0.2, 0.25) is 6.04 Å². The van der Waals surface area contributed by atoms with Gasteiger partial charge in [0.2, 0.25) is 0 Å². The van der Waals surface area contributed by atoms with Crippen LogP contribution in [0.5, 0.6) is 0 Å². The van der Waals surface area contributed by atoms with Crippen LogP contribution in [0.15, 0.2) is 36.9 Å². The van der Waals surface area contributed by atoms with Gasteiger partial charge in [0.25, 0.3) is 0 Å². The Morgan fingerprint density at radius 2 is 1.43 bits per heavy atom. The number of rotatable bonds is 14. The van der Waals surface area contributed by atoms with Crippen LogP contribution in [-0.4, -0.2) is 53.8 Å². The van der Waals surface area contributed by atoms with Gasteiger partial charge in [0.05, 0.1) is 17.7 Å². The summed E-state index contributed by atoms with van der Waals surface area (Å²) in [6.45, 7) is 10.9. The summed E-state index contributed by atoms with van der Waals surface area (Å²) in [5, 5.41) is 0. The standard InChI is InChI=1S/C20H30O7Si/c1-5-14-23-19(21)17-12-9-10-13-18(17)20(22)24-15-11-16-28(25-6-2,26-7-3)27-8-4/h5,9-10,12-13H,1,6-8,11,14-16H2,2-4H3. The fraction of sp³-hybridized carbons (Fsp3) is 0.500. The maximum atomic E-state index is 12.4. The molecule has 7 nitrogen and oxygen atoms in total. The highest BCUT2D eigenvalue weighted by atomic mass is 28.4. The van der Waals surface area contributed by atoms with Crippen molar-refractivity contribution in [2.75, 3.05) is 33.0 Å². The van der Waals surface area contributed by atoms with Gasteiger partial charge in [-0.1, -0.05) is 24.8 Å².